The van der Waals surface area contributed by atoms with Crippen LogP contribution in [0, 0.1) is 5.41 Å². The molecule has 32 heavy (non-hydrogen) atoms. The van der Waals surface area contributed by atoms with Gasteiger partial charge in [-0.3, -0.25) is 9.88 Å². The van der Waals surface area contributed by atoms with E-state index < -0.39 is 0 Å². The van der Waals surface area contributed by atoms with E-state index in [0.29, 0.717) is 17.8 Å². The predicted molar refractivity (Wildman–Crippen MR) is 123 cm³/mol. The molecule has 1 saturated heterocycles. The van der Waals surface area contributed by atoms with Crippen molar-refractivity contribution in [3.8, 4) is 11.5 Å². The molecule has 7 rings (SSSR count). The molecule has 0 bridgehead atoms. The van der Waals surface area contributed by atoms with Crippen molar-refractivity contribution in [2.75, 3.05) is 13.1 Å². The van der Waals surface area contributed by atoms with Crippen molar-refractivity contribution < 1.29 is 4.52 Å². The monoisotopic (exact) mass is 423 g/mol. The average molecular weight is 424 g/mol. The molecule has 6 nitrogen and oxygen atoms in total. The molecule has 4 aromatic rings. The summed E-state index contributed by atoms with van der Waals surface area (Å²) in [5.41, 5.74) is 6.26. The maximum absolute atomic E-state index is 5.72. The highest BCUT2D eigenvalue weighted by Crippen LogP contribution is 2.57. The lowest BCUT2D eigenvalue weighted by Gasteiger charge is -2.53. The molecule has 0 amide bonds. The van der Waals surface area contributed by atoms with Crippen LogP contribution in [-0.2, 0) is 6.42 Å². The molecular weight excluding hydrogens is 398 g/mol. The zero-order chi connectivity index (χ0) is 21.3. The van der Waals surface area contributed by atoms with Gasteiger partial charge in [-0.05, 0) is 62.1 Å². The minimum absolute atomic E-state index is 0.102. The highest BCUT2D eigenvalue weighted by atomic mass is 16.5. The number of piperidine rings is 1. The third-order valence-corrected chi connectivity index (χ3v) is 7.83. The second-order valence-electron chi connectivity index (χ2n) is 9.28. The number of nitrogens with zero attached hydrogens (tertiary/aromatic N) is 5. The van der Waals surface area contributed by atoms with E-state index in [9.17, 15) is 0 Å². The summed E-state index contributed by atoms with van der Waals surface area (Å²) >= 11 is 0. The van der Waals surface area contributed by atoms with Gasteiger partial charge >= 0.3 is 0 Å². The van der Waals surface area contributed by atoms with Gasteiger partial charge in [0, 0.05) is 41.0 Å². The molecule has 0 radical (unpaired) electrons. The van der Waals surface area contributed by atoms with Crippen molar-refractivity contribution in [2.24, 2.45) is 5.41 Å². The van der Waals surface area contributed by atoms with Crippen LogP contribution in [0.3, 0.4) is 0 Å². The fraction of sp³-hybridized carbons (Fsp3) is 0.346. The summed E-state index contributed by atoms with van der Waals surface area (Å²) in [4.78, 5) is 11.7. The second kappa shape index (κ2) is 6.62. The number of aromatic nitrogens is 4. The molecule has 0 unspecified atom stereocenters. The number of hydrogen-bond acceptors (Lipinski definition) is 5. The lowest BCUT2D eigenvalue weighted by Crippen LogP contribution is -2.50. The normalized spacial score (nSPS) is 24.4. The van der Waals surface area contributed by atoms with Crippen LogP contribution in [0.1, 0.15) is 49.3 Å². The Morgan fingerprint density at radius 2 is 2.00 bits per heavy atom. The molecule has 0 spiro atoms. The van der Waals surface area contributed by atoms with Gasteiger partial charge in [-0.15, -0.1) is 0 Å². The van der Waals surface area contributed by atoms with Gasteiger partial charge in [0.05, 0.1) is 17.3 Å². The van der Waals surface area contributed by atoms with E-state index in [0.717, 1.165) is 30.6 Å². The molecule has 0 aliphatic carbocycles. The Kier molecular flexibility index (Phi) is 3.80. The maximum atomic E-state index is 5.72. The average Bonchev–Trinajstić information content (AvgIpc) is 3.47. The van der Waals surface area contributed by atoms with Crippen molar-refractivity contribution in [3.05, 3.63) is 71.9 Å². The molecule has 160 valence electrons. The minimum Gasteiger partial charge on any atom is -0.334 e. The zero-order valence-corrected chi connectivity index (χ0v) is 18.2. The van der Waals surface area contributed by atoms with E-state index in [-0.39, 0.29) is 5.41 Å². The molecular formula is C26H25N5O. The van der Waals surface area contributed by atoms with Gasteiger partial charge in [-0.25, -0.2) is 0 Å². The van der Waals surface area contributed by atoms with Gasteiger partial charge in [0.15, 0.2) is 0 Å². The van der Waals surface area contributed by atoms with E-state index in [1.165, 1.54) is 41.5 Å². The van der Waals surface area contributed by atoms with E-state index in [4.69, 9.17) is 9.51 Å². The summed E-state index contributed by atoms with van der Waals surface area (Å²) in [7, 11) is 0. The van der Waals surface area contributed by atoms with Gasteiger partial charge in [-0.2, -0.15) is 4.98 Å². The number of benzene rings is 1. The lowest BCUT2D eigenvalue weighted by atomic mass is 9.66. The van der Waals surface area contributed by atoms with Crippen LogP contribution in [0.2, 0.25) is 0 Å². The number of para-hydroxylation sites is 1. The third-order valence-electron chi connectivity index (χ3n) is 7.83. The fourth-order valence-electron chi connectivity index (χ4n) is 6.38. The van der Waals surface area contributed by atoms with Crippen molar-refractivity contribution in [1.82, 2.24) is 24.6 Å². The van der Waals surface area contributed by atoms with Crippen LogP contribution >= 0.6 is 0 Å². The smallest absolute Gasteiger partial charge is 0.258 e. The first kappa shape index (κ1) is 18.3. The van der Waals surface area contributed by atoms with Crippen LogP contribution < -0.4 is 0 Å². The van der Waals surface area contributed by atoms with E-state index in [1.807, 2.05) is 12.1 Å². The Hall–Kier alpha value is -3.25. The standard InChI is InChI=1S/C26H25N5O/c1-2-26-11-5-14-30-15-10-19-18-6-3-4-7-20(18)31(22(19)23(26)30)21(16-26)24-28-25(32-29-24)17-8-12-27-13-9-17/h3-4,6-9,12-13,16,23H,2,5,10-11,14-15H2,1H3/t23-,26+/m1/s1. The molecule has 0 saturated carbocycles. The van der Waals surface area contributed by atoms with E-state index >= 15 is 0 Å². The summed E-state index contributed by atoms with van der Waals surface area (Å²) in [6, 6.07) is 13.0. The van der Waals surface area contributed by atoms with Gasteiger partial charge in [0.2, 0.25) is 5.82 Å². The molecule has 3 aliphatic heterocycles. The SMILES string of the molecule is CC[C@@]12C=C(c3noc(-c4ccncc4)n3)n3c4c(c5ccccc53)CCN(CCC1)[C@H]42. The zero-order valence-electron chi connectivity index (χ0n) is 18.2. The van der Waals surface area contributed by atoms with Crippen molar-refractivity contribution >= 4 is 16.6 Å². The van der Waals surface area contributed by atoms with Crippen LogP contribution in [0.5, 0.6) is 0 Å². The van der Waals surface area contributed by atoms with Crippen LogP contribution in [-0.4, -0.2) is 37.7 Å². The minimum atomic E-state index is 0.102. The van der Waals surface area contributed by atoms with Gasteiger partial charge in [-0.1, -0.05) is 30.3 Å². The number of hydrogen-bond donors (Lipinski definition) is 0. The Morgan fingerprint density at radius 3 is 2.88 bits per heavy atom. The fourth-order valence-corrected chi connectivity index (χ4v) is 6.38. The molecule has 1 fully saturated rings. The Labute approximate surface area is 186 Å². The Bertz CT molecular complexity index is 1370. The predicted octanol–water partition coefficient (Wildman–Crippen LogP) is 5.08. The summed E-state index contributed by atoms with van der Waals surface area (Å²) in [6.07, 6.45) is 10.6. The summed E-state index contributed by atoms with van der Waals surface area (Å²) in [5, 5.41) is 5.83. The molecule has 6 heterocycles. The first-order valence-corrected chi connectivity index (χ1v) is 11.6. The number of fused-ring (bicyclic) bond motifs is 3. The molecule has 1 aromatic carbocycles. The van der Waals surface area contributed by atoms with Crippen molar-refractivity contribution in [3.63, 3.8) is 0 Å². The van der Waals surface area contributed by atoms with Crippen molar-refractivity contribution in [2.45, 2.75) is 38.6 Å². The Balaban J connectivity index is 1.50. The van der Waals surface area contributed by atoms with Gasteiger partial charge < -0.3 is 9.09 Å². The third kappa shape index (κ3) is 2.36. The van der Waals surface area contributed by atoms with Crippen LogP contribution in [0.4, 0.5) is 0 Å². The topological polar surface area (TPSA) is 60.0 Å². The highest BCUT2D eigenvalue weighted by molar-refractivity contribution is 5.91. The number of rotatable bonds is 3. The van der Waals surface area contributed by atoms with E-state index in [1.54, 1.807) is 12.4 Å². The first-order chi connectivity index (χ1) is 15.8. The number of pyridine rings is 1. The van der Waals surface area contributed by atoms with E-state index in [2.05, 4.69) is 56.9 Å². The molecule has 0 N–H and O–H groups in total. The summed E-state index contributed by atoms with van der Waals surface area (Å²) in [5.74, 6) is 1.20. The summed E-state index contributed by atoms with van der Waals surface area (Å²) < 4.78 is 8.15. The largest absolute Gasteiger partial charge is 0.334 e. The Morgan fingerprint density at radius 1 is 1.12 bits per heavy atom. The van der Waals surface area contributed by atoms with Gasteiger partial charge in [0.1, 0.15) is 0 Å². The summed E-state index contributed by atoms with van der Waals surface area (Å²) in [6.45, 7) is 4.67. The maximum Gasteiger partial charge on any atom is 0.258 e. The van der Waals surface area contributed by atoms with Crippen molar-refractivity contribution in [1.29, 1.82) is 0 Å². The second-order valence-corrected chi connectivity index (χ2v) is 9.28. The van der Waals surface area contributed by atoms with Crippen LogP contribution in [0.15, 0.2) is 59.4 Å². The molecule has 3 aromatic heterocycles. The lowest BCUT2D eigenvalue weighted by molar-refractivity contribution is 0.0271. The van der Waals surface area contributed by atoms with Crippen LogP contribution in [0.25, 0.3) is 28.1 Å². The van der Waals surface area contributed by atoms with Gasteiger partial charge in [0.25, 0.3) is 5.89 Å². The first-order valence-electron chi connectivity index (χ1n) is 11.6. The molecule has 3 aliphatic rings. The quantitative estimate of drug-likeness (QED) is 0.460. The highest BCUT2D eigenvalue weighted by Gasteiger charge is 2.50. The molecule has 2 atom stereocenters. The molecule has 6 heteroatoms.